The zero-order chi connectivity index (χ0) is 17.2. The third-order valence-corrected chi connectivity index (χ3v) is 3.83. The highest BCUT2D eigenvalue weighted by Gasteiger charge is 2.01. The van der Waals surface area contributed by atoms with Crippen LogP contribution in [0.4, 0.5) is 0 Å². The molecule has 124 valence electrons. The SMILES string of the molecule is CCNC(=NCc1cccc(C#N)c1)NCCc1ccccc1Cl. The average Bonchev–Trinajstić information content (AvgIpc) is 2.61. The van der Waals surface area contributed by atoms with Crippen molar-refractivity contribution < 1.29 is 0 Å². The fraction of sp³-hybridized carbons (Fsp3) is 0.263. The van der Waals surface area contributed by atoms with Crippen molar-refractivity contribution in [3.63, 3.8) is 0 Å². The minimum Gasteiger partial charge on any atom is -0.357 e. The fourth-order valence-corrected chi connectivity index (χ4v) is 2.50. The highest BCUT2D eigenvalue weighted by atomic mass is 35.5. The summed E-state index contributed by atoms with van der Waals surface area (Å²) >= 11 is 6.17. The molecule has 0 amide bonds. The summed E-state index contributed by atoms with van der Waals surface area (Å²) < 4.78 is 0. The highest BCUT2D eigenvalue weighted by molar-refractivity contribution is 6.31. The summed E-state index contributed by atoms with van der Waals surface area (Å²) in [4.78, 5) is 4.56. The zero-order valence-corrected chi connectivity index (χ0v) is 14.5. The second kappa shape index (κ2) is 9.59. The van der Waals surface area contributed by atoms with E-state index in [1.54, 1.807) is 6.07 Å². The van der Waals surface area contributed by atoms with Crippen LogP contribution in [0.3, 0.4) is 0 Å². The number of hydrogen-bond donors (Lipinski definition) is 2. The van der Waals surface area contributed by atoms with Crippen LogP contribution in [-0.4, -0.2) is 19.0 Å². The first kappa shape index (κ1) is 17.8. The molecular weight excluding hydrogens is 320 g/mol. The normalized spacial score (nSPS) is 11.0. The van der Waals surface area contributed by atoms with Gasteiger partial charge in [0.15, 0.2) is 5.96 Å². The predicted molar refractivity (Wildman–Crippen MR) is 99.1 cm³/mol. The molecule has 24 heavy (non-hydrogen) atoms. The van der Waals surface area contributed by atoms with Gasteiger partial charge in [-0.05, 0) is 42.7 Å². The molecule has 0 saturated heterocycles. The smallest absolute Gasteiger partial charge is 0.191 e. The summed E-state index contributed by atoms with van der Waals surface area (Å²) in [5, 5.41) is 16.3. The van der Waals surface area contributed by atoms with Gasteiger partial charge in [0.2, 0.25) is 0 Å². The molecule has 0 aliphatic rings. The molecule has 0 radical (unpaired) electrons. The first-order valence-electron chi connectivity index (χ1n) is 7.97. The summed E-state index contributed by atoms with van der Waals surface area (Å²) in [6.07, 6.45) is 0.827. The van der Waals surface area contributed by atoms with E-state index in [2.05, 4.69) is 21.7 Å². The molecule has 2 N–H and O–H groups in total. The molecule has 0 fully saturated rings. The molecule has 2 aromatic rings. The Balaban J connectivity index is 1.93. The molecule has 0 saturated carbocycles. The molecule has 0 aliphatic carbocycles. The lowest BCUT2D eigenvalue weighted by molar-refractivity contribution is 0.799. The van der Waals surface area contributed by atoms with Crippen molar-refractivity contribution in [2.24, 2.45) is 4.99 Å². The maximum absolute atomic E-state index is 8.95. The Morgan fingerprint density at radius 3 is 2.75 bits per heavy atom. The van der Waals surface area contributed by atoms with Crippen molar-refractivity contribution in [3.05, 3.63) is 70.2 Å². The number of benzene rings is 2. The van der Waals surface area contributed by atoms with Gasteiger partial charge in [0.25, 0.3) is 0 Å². The van der Waals surface area contributed by atoms with E-state index in [1.165, 1.54) is 0 Å². The quantitative estimate of drug-likeness (QED) is 0.625. The van der Waals surface area contributed by atoms with Crippen LogP contribution >= 0.6 is 11.6 Å². The Morgan fingerprint density at radius 2 is 2.00 bits per heavy atom. The van der Waals surface area contributed by atoms with E-state index in [-0.39, 0.29) is 0 Å². The van der Waals surface area contributed by atoms with Gasteiger partial charge >= 0.3 is 0 Å². The van der Waals surface area contributed by atoms with Gasteiger partial charge in [-0.3, -0.25) is 0 Å². The lowest BCUT2D eigenvalue weighted by Crippen LogP contribution is -2.38. The zero-order valence-electron chi connectivity index (χ0n) is 13.7. The van der Waals surface area contributed by atoms with Crippen LogP contribution in [0.1, 0.15) is 23.6 Å². The molecule has 4 nitrogen and oxygen atoms in total. The number of nitrogens with one attached hydrogen (secondary N) is 2. The van der Waals surface area contributed by atoms with Crippen molar-refractivity contribution in [1.29, 1.82) is 5.26 Å². The number of nitrogens with zero attached hydrogens (tertiary/aromatic N) is 2. The molecule has 2 aromatic carbocycles. The number of nitriles is 1. The monoisotopic (exact) mass is 340 g/mol. The second-order valence-corrected chi connectivity index (χ2v) is 5.68. The van der Waals surface area contributed by atoms with Gasteiger partial charge in [-0.1, -0.05) is 41.9 Å². The van der Waals surface area contributed by atoms with E-state index in [9.17, 15) is 0 Å². The molecule has 0 bridgehead atoms. The van der Waals surface area contributed by atoms with Crippen LogP contribution in [0.15, 0.2) is 53.5 Å². The number of hydrogen-bond acceptors (Lipinski definition) is 2. The molecular formula is C19H21ClN4. The largest absolute Gasteiger partial charge is 0.357 e. The molecule has 0 unspecified atom stereocenters. The number of aliphatic imine (C=N–C) groups is 1. The van der Waals surface area contributed by atoms with E-state index in [4.69, 9.17) is 16.9 Å². The van der Waals surface area contributed by atoms with Gasteiger partial charge in [0.05, 0.1) is 18.2 Å². The molecule has 0 aliphatic heterocycles. The number of rotatable bonds is 6. The molecule has 0 aromatic heterocycles. The topological polar surface area (TPSA) is 60.2 Å². The van der Waals surface area contributed by atoms with Gasteiger partial charge in [0, 0.05) is 18.1 Å². The van der Waals surface area contributed by atoms with Crippen LogP contribution in [0, 0.1) is 11.3 Å². The summed E-state index contributed by atoms with van der Waals surface area (Å²) in [6.45, 7) is 4.09. The van der Waals surface area contributed by atoms with E-state index in [0.29, 0.717) is 12.1 Å². The first-order chi connectivity index (χ1) is 11.7. The van der Waals surface area contributed by atoms with Crippen molar-refractivity contribution in [3.8, 4) is 6.07 Å². The Hall–Kier alpha value is -2.51. The molecule has 0 atom stereocenters. The van der Waals surface area contributed by atoms with Crippen molar-refractivity contribution in [2.45, 2.75) is 19.9 Å². The Morgan fingerprint density at radius 1 is 1.17 bits per heavy atom. The third kappa shape index (κ3) is 5.60. The Labute approximate surface area is 148 Å². The van der Waals surface area contributed by atoms with Gasteiger partial charge in [0.1, 0.15) is 0 Å². The summed E-state index contributed by atoms with van der Waals surface area (Å²) in [6, 6.07) is 17.5. The third-order valence-electron chi connectivity index (χ3n) is 3.46. The fourth-order valence-electron chi connectivity index (χ4n) is 2.27. The summed E-state index contributed by atoms with van der Waals surface area (Å²) in [7, 11) is 0. The first-order valence-corrected chi connectivity index (χ1v) is 8.35. The highest BCUT2D eigenvalue weighted by Crippen LogP contribution is 2.14. The summed E-state index contributed by atoms with van der Waals surface area (Å²) in [5.41, 5.74) is 2.78. The van der Waals surface area contributed by atoms with Gasteiger partial charge in [-0.15, -0.1) is 0 Å². The van der Waals surface area contributed by atoms with Crippen LogP contribution in [0.5, 0.6) is 0 Å². The predicted octanol–water partition coefficient (Wildman–Crippen LogP) is 3.51. The number of guanidine groups is 1. The minimum absolute atomic E-state index is 0.525. The Bertz CT molecular complexity index is 734. The van der Waals surface area contributed by atoms with Crippen molar-refractivity contribution in [2.75, 3.05) is 13.1 Å². The maximum atomic E-state index is 8.95. The average molecular weight is 341 g/mol. The summed E-state index contributed by atoms with van der Waals surface area (Å²) in [5.74, 6) is 0.756. The molecule has 0 heterocycles. The van der Waals surface area contributed by atoms with Crippen molar-refractivity contribution >= 4 is 17.6 Å². The van der Waals surface area contributed by atoms with E-state index in [0.717, 1.165) is 41.6 Å². The van der Waals surface area contributed by atoms with E-state index in [1.807, 2.05) is 49.4 Å². The maximum Gasteiger partial charge on any atom is 0.191 e. The Kier molecular flexibility index (Phi) is 7.13. The van der Waals surface area contributed by atoms with Gasteiger partial charge < -0.3 is 10.6 Å². The minimum atomic E-state index is 0.525. The van der Waals surface area contributed by atoms with E-state index >= 15 is 0 Å². The van der Waals surface area contributed by atoms with Crippen molar-refractivity contribution in [1.82, 2.24) is 10.6 Å². The lowest BCUT2D eigenvalue weighted by Gasteiger charge is -2.12. The molecule has 5 heteroatoms. The van der Waals surface area contributed by atoms with Crippen LogP contribution in [0.25, 0.3) is 0 Å². The molecule has 2 rings (SSSR count). The molecule has 0 spiro atoms. The number of halogens is 1. The van der Waals surface area contributed by atoms with Crippen LogP contribution < -0.4 is 10.6 Å². The standard InChI is InChI=1S/C19H21ClN4/c1-2-22-19(23-11-10-17-8-3-4-9-18(17)20)24-14-16-7-5-6-15(12-16)13-21/h3-9,12H,2,10-11,14H2,1H3,(H2,22,23,24). The second-order valence-electron chi connectivity index (χ2n) is 5.28. The van der Waals surface area contributed by atoms with Crippen LogP contribution in [0.2, 0.25) is 5.02 Å². The van der Waals surface area contributed by atoms with E-state index < -0.39 is 0 Å². The van der Waals surface area contributed by atoms with Gasteiger partial charge in [-0.25, -0.2) is 4.99 Å². The van der Waals surface area contributed by atoms with Gasteiger partial charge in [-0.2, -0.15) is 5.26 Å². The lowest BCUT2D eigenvalue weighted by atomic mass is 10.1. The van der Waals surface area contributed by atoms with Crippen LogP contribution in [-0.2, 0) is 13.0 Å².